The first-order chi connectivity index (χ1) is 7.09. The molecule has 0 saturated heterocycles. The first-order valence-corrected chi connectivity index (χ1v) is 5.44. The number of rotatable bonds is 2. The van der Waals surface area contributed by atoms with Crippen LogP contribution in [-0.4, -0.2) is 9.13 Å². The smallest absolute Gasteiger partial charge is 0.283 e. The second kappa shape index (κ2) is 3.85. The maximum Gasteiger partial charge on any atom is 0.331 e. The van der Waals surface area contributed by atoms with E-state index in [1.54, 1.807) is 0 Å². The summed E-state index contributed by atoms with van der Waals surface area (Å²) in [5.41, 5.74) is -0.672. The highest BCUT2D eigenvalue weighted by Crippen LogP contribution is 2.27. The van der Waals surface area contributed by atoms with Crippen molar-refractivity contribution in [2.24, 2.45) is 13.0 Å². The third-order valence-electron chi connectivity index (χ3n) is 3.01. The van der Waals surface area contributed by atoms with Gasteiger partial charge in [0.15, 0.2) is 0 Å². The van der Waals surface area contributed by atoms with Crippen LogP contribution in [0.2, 0.25) is 5.15 Å². The monoisotopic (exact) mass is 228 g/mol. The molecule has 0 spiro atoms. The topological polar surface area (TPSA) is 44.0 Å². The maximum absolute atomic E-state index is 11.7. The van der Waals surface area contributed by atoms with Crippen molar-refractivity contribution in [3.8, 4) is 0 Å². The lowest BCUT2D eigenvalue weighted by Gasteiger charge is -2.26. The second-order valence-corrected chi connectivity index (χ2v) is 4.44. The summed E-state index contributed by atoms with van der Waals surface area (Å²) in [6.45, 7) is 0.631. The normalized spacial score (nSPS) is 16.4. The molecule has 0 N–H and O–H groups in total. The zero-order valence-electron chi connectivity index (χ0n) is 8.57. The van der Waals surface area contributed by atoms with Gasteiger partial charge in [-0.3, -0.25) is 13.9 Å². The van der Waals surface area contributed by atoms with Gasteiger partial charge in [-0.1, -0.05) is 18.0 Å². The van der Waals surface area contributed by atoms with Crippen molar-refractivity contribution in [1.29, 1.82) is 0 Å². The molecule has 0 bridgehead atoms. The highest BCUT2D eigenvalue weighted by atomic mass is 35.5. The molecule has 4 nitrogen and oxygen atoms in total. The Labute approximate surface area is 92.1 Å². The standard InChI is InChI=1S/C10H13ClN2O2/c1-12-9(14)5-8(11)13(10(12)15)6-7-3-2-4-7/h5,7H,2-4,6H2,1H3. The summed E-state index contributed by atoms with van der Waals surface area (Å²) in [6.07, 6.45) is 3.51. The van der Waals surface area contributed by atoms with E-state index >= 15 is 0 Å². The molecule has 15 heavy (non-hydrogen) atoms. The highest BCUT2D eigenvalue weighted by molar-refractivity contribution is 6.29. The van der Waals surface area contributed by atoms with E-state index in [1.165, 1.54) is 24.1 Å². The minimum Gasteiger partial charge on any atom is -0.283 e. The van der Waals surface area contributed by atoms with Crippen molar-refractivity contribution in [3.05, 3.63) is 32.1 Å². The van der Waals surface area contributed by atoms with Gasteiger partial charge in [-0.15, -0.1) is 0 Å². The summed E-state index contributed by atoms with van der Waals surface area (Å²) in [7, 11) is 1.47. The molecule has 0 radical (unpaired) electrons. The Kier molecular flexibility index (Phi) is 2.69. The Morgan fingerprint density at radius 2 is 2.13 bits per heavy atom. The molecule has 1 aliphatic carbocycles. The van der Waals surface area contributed by atoms with Crippen molar-refractivity contribution < 1.29 is 0 Å². The Hall–Kier alpha value is -1.03. The summed E-state index contributed by atoms with van der Waals surface area (Å²) in [6, 6.07) is 1.29. The molecular weight excluding hydrogens is 216 g/mol. The molecular formula is C10H13ClN2O2. The maximum atomic E-state index is 11.7. The van der Waals surface area contributed by atoms with Crippen LogP contribution in [0, 0.1) is 5.92 Å². The molecule has 1 aromatic heterocycles. The number of halogens is 1. The number of hydrogen-bond acceptors (Lipinski definition) is 2. The van der Waals surface area contributed by atoms with Crippen LogP contribution >= 0.6 is 11.6 Å². The van der Waals surface area contributed by atoms with Gasteiger partial charge in [0.1, 0.15) is 5.15 Å². The molecule has 0 atom stereocenters. The Bertz CT molecular complexity index is 485. The lowest BCUT2D eigenvalue weighted by molar-refractivity contribution is 0.270. The van der Waals surface area contributed by atoms with Crippen LogP contribution in [0.3, 0.4) is 0 Å². The van der Waals surface area contributed by atoms with Crippen molar-refractivity contribution >= 4 is 11.6 Å². The molecule has 1 heterocycles. The fourth-order valence-corrected chi connectivity index (χ4v) is 1.98. The van der Waals surface area contributed by atoms with Crippen LogP contribution in [0.5, 0.6) is 0 Å². The van der Waals surface area contributed by atoms with Gasteiger partial charge in [0, 0.05) is 19.7 Å². The molecule has 1 saturated carbocycles. The van der Waals surface area contributed by atoms with Gasteiger partial charge in [-0.2, -0.15) is 0 Å². The van der Waals surface area contributed by atoms with E-state index in [1.807, 2.05) is 0 Å². The van der Waals surface area contributed by atoms with Gasteiger partial charge in [0.05, 0.1) is 0 Å². The Balaban J connectivity index is 2.41. The molecule has 5 heteroatoms. The van der Waals surface area contributed by atoms with Crippen molar-refractivity contribution in [3.63, 3.8) is 0 Å². The molecule has 1 aliphatic rings. The lowest BCUT2D eigenvalue weighted by atomic mass is 9.85. The molecule has 0 aromatic carbocycles. The molecule has 0 amide bonds. The predicted octanol–water partition coefficient (Wildman–Crippen LogP) is 1.00. The minimum atomic E-state index is -0.352. The van der Waals surface area contributed by atoms with Crippen LogP contribution in [0.4, 0.5) is 0 Å². The van der Waals surface area contributed by atoms with Crippen LogP contribution in [0.15, 0.2) is 15.7 Å². The molecule has 0 aliphatic heterocycles. The van der Waals surface area contributed by atoms with Crippen LogP contribution in [0.1, 0.15) is 19.3 Å². The van der Waals surface area contributed by atoms with E-state index in [0.717, 1.165) is 17.4 Å². The average Bonchev–Trinajstić information content (AvgIpc) is 2.11. The van der Waals surface area contributed by atoms with E-state index in [0.29, 0.717) is 12.5 Å². The number of hydrogen-bond donors (Lipinski definition) is 0. The molecule has 82 valence electrons. The van der Waals surface area contributed by atoms with Gasteiger partial charge in [-0.25, -0.2) is 4.79 Å². The van der Waals surface area contributed by atoms with E-state index in [9.17, 15) is 9.59 Å². The first-order valence-electron chi connectivity index (χ1n) is 5.06. The summed E-state index contributed by atoms with van der Waals surface area (Å²) < 4.78 is 2.57. The fraction of sp³-hybridized carbons (Fsp3) is 0.600. The van der Waals surface area contributed by atoms with Gasteiger partial charge in [0.25, 0.3) is 5.56 Å². The summed E-state index contributed by atoms with van der Waals surface area (Å²) in [5.74, 6) is 0.540. The summed E-state index contributed by atoms with van der Waals surface area (Å²) in [5, 5.41) is 0.245. The van der Waals surface area contributed by atoms with E-state index in [-0.39, 0.29) is 16.4 Å². The van der Waals surface area contributed by atoms with Crippen molar-refractivity contribution in [1.82, 2.24) is 9.13 Å². The van der Waals surface area contributed by atoms with E-state index < -0.39 is 0 Å². The van der Waals surface area contributed by atoms with Gasteiger partial charge >= 0.3 is 5.69 Å². The van der Waals surface area contributed by atoms with Crippen LogP contribution < -0.4 is 11.2 Å². The quantitative estimate of drug-likeness (QED) is 0.709. The van der Waals surface area contributed by atoms with Gasteiger partial charge in [0.2, 0.25) is 0 Å². The molecule has 1 aromatic rings. The third-order valence-corrected chi connectivity index (χ3v) is 3.33. The van der Waals surface area contributed by atoms with Crippen molar-refractivity contribution in [2.45, 2.75) is 25.8 Å². The number of aromatic nitrogens is 2. The van der Waals surface area contributed by atoms with Crippen LogP contribution in [-0.2, 0) is 13.6 Å². The zero-order valence-corrected chi connectivity index (χ0v) is 9.33. The Morgan fingerprint density at radius 1 is 1.47 bits per heavy atom. The number of nitrogens with zero attached hydrogens (tertiary/aromatic N) is 2. The highest BCUT2D eigenvalue weighted by Gasteiger charge is 2.20. The third kappa shape index (κ3) is 1.86. The SMILES string of the molecule is Cn1c(=O)cc(Cl)n(CC2CCC2)c1=O. The zero-order chi connectivity index (χ0) is 11.0. The minimum absolute atomic E-state index is 0.245. The second-order valence-electron chi connectivity index (χ2n) is 4.05. The van der Waals surface area contributed by atoms with E-state index in [2.05, 4.69) is 0 Å². The van der Waals surface area contributed by atoms with E-state index in [4.69, 9.17) is 11.6 Å². The molecule has 2 rings (SSSR count). The van der Waals surface area contributed by atoms with Crippen molar-refractivity contribution in [2.75, 3.05) is 0 Å². The largest absolute Gasteiger partial charge is 0.331 e. The average molecular weight is 229 g/mol. The van der Waals surface area contributed by atoms with Crippen LogP contribution in [0.25, 0.3) is 0 Å². The Morgan fingerprint density at radius 3 is 2.67 bits per heavy atom. The lowest BCUT2D eigenvalue weighted by Crippen LogP contribution is -2.39. The van der Waals surface area contributed by atoms with Gasteiger partial charge < -0.3 is 0 Å². The molecule has 1 fully saturated rings. The summed E-state index contributed by atoms with van der Waals surface area (Å²) in [4.78, 5) is 23.0. The molecule has 0 unspecified atom stereocenters. The fourth-order valence-electron chi connectivity index (χ4n) is 1.74. The predicted molar refractivity (Wildman–Crippen MR) is 58.3 cm³/mol. The van der Waals surface area contributed by atoms with Gasteiger partial charge in [-0.05, 0) is 18.8 Å². The summed E-state index contributed by atoms with van der Waals surface area (Å²) >= 11 is 5.88. The first kappa shape index (κ1) is 10.5.